The van der Waals surface area contributed by atoms with Crippen LogP contribution in [-0.4, -0.2) is 44.6 Å². The smallest absolute Gasteiger partial charge is 0.258 e. The molecule has 7 nitrogen and oxygen atoms in total. The van der Waals surface area contributed by atoms with Gasteiger partial charge in [-0.1, -0.05) is 19.0 Å². The lowest BCUT2D eigenvalue weighted by atomic mass is 10.1. The van der Waals surface area contributed by atoms with Crippen LogP contribution in [0.1, 0.15) is 59.7 Å². The Hall–Kier alpha value is -2.71. The number of ether oxygens (including phenoxy) is 1. The summed E-state index contributed by atoms with van der Waals surface area (Å²) in [4.78, 5) is 19.7. The number of hydrogen-bond donors (Lipinski definition) is 1. The van der Waals surface area contributed by atoms with Crippen LogP contribution in [0.5, 0.6) is 5.75 Å². The van der Waals surface area contributed by atoms with E-state index in [0.29, 0.717) is 41.1 Å². The largest absolute Gasteiger partial charge is 0.489 e. The first kappa shape index (κ1) is 23.4. The van der Waals surface area contributed by atoms with Crippen LogP contribution >= 0.6 is 11.6 Å². The maximum absolute atomic E-state index is 14.0. The Morgan fingerprint density at radius 2 is 2.06 bits per heavy atom. The molecule has 1 fully saturated rings. The zero-order chi connectivity index (χ0) is 22.6. The summed E-state index contributed by atoms with van der Waals surface area (Å²) in [5.74, 6) is -0.331. The molecule has 1 N–H and O–H groups in total. The molecular weight excluding hydrogens is 445 g/mol. The van der Waals surface area contributed by atoms with Gasteiger partial charge < -0.3 is 15.0 Å². The normalized spacial score (nSPS) is 19.6. The second kappa shape index (κ2) is 8.91. The Labute approximate surface area is 197 Å². The third-order valence-electron chi connectivity index (χ3n) is 6.50. The van der Waals surface area contributed by atoms with Gasteiger partial charge in [0.2, 0.25) is 0 Å². The Kier molecular flexibility index (Phi) is 6.33. The lowest BCUT2D eigenvalue weighted by Crippen LogP contribution is -2.27. The van der Waals surface area contributed by atoms with E-state index in [2.05, 4.69) is 15.4 Å². The highest BCUT2D eigenvalue weighted by Crippen LogP contribution is 2.33. The van der Waals surface area contributed by atoms with Gasteiger partial charge in [-0.15, -0.1) is 0 Å². The number of hydrogen-bond acceptors (Lipinski definition) is 5. The van der Waals surface area contributed by atoms with E-state index in [4.69, 9.17) is 16.3 Å². The summed E-state index contributed by atoms with van der Waals surface area (Å²) in [5.41, 5.74) is 4.35. The number of benzene rings is 1. The van der Waals surface area contributed by atoms with Crippen LogP contribution < -0.4 is 10.1 Å². The number of nitrogens with zero attached hydrogens (tertiary/aromatic N) is 4. The zero-order valence-electron chi connectivity index (χ0n) is 18.3. The van der Waals surface area contributed by atoms with Gasteiger partial charge in [0.15, 0.2) is 5.65 Å². The molecule has 2 aliphatic rings. The Morgan fingerprint density at radius 1 is 1.27 bits per heavy atom. The van der Waals surface area contributed by atoms with Crippen LogP contribution in [0.3, 0.4) is 0 Å². The van der Waals surface area contributed by atoms with E-state index in [-0.39, 0.29) is 19.4 Å². The summed E-state index contributed by atoms with van der Waals surface area (Å²) < 4.78 is 21.8. The van der Waals surface area contributed by atoms with Crippen LogP contribution in [0.25, 0.3) is 5.65 Å². The SMILES string of the molecule is C.CN[C@H]1CC[C@H](Oc2cc(F)ccc2C(=O)N2Cc3nn4c(C)c(Cl)c(C)nc4c3C2)C1. The third-order valence-corrected chi connectivity index (χ3v) is 7.05. The number of aryl methyl sites for hydroxylation is 2. The van der Waals surface area contributed by atoms with Gasteiger partial charge in [0.25, 0.3) is 5.91 Å². The lowest BCUT2D eigenvalue weighted by molar-refractivity contribution is 0.0742. The van der Waals surface area contributed by atoms with Crippen molar-refractivity contribution >= 4 is 23.2 Å². The van der Waals surface area contributed by atoms with Gasteiger partial charge in [-0.2, -0.15) is 5.10 Å². The molecule has 1 aromatic carbocycles. The fourth-order valence-electron chi connectivity index (χ4n) is 4.69. The fourth-order valence-corrected chi connectivity index (χ4v) is 4.81. The van der Waals surface area contributed by atoms with Crippen molar-refractivity contribution in [1.29, 1.82) is 0 Å². The van der Waals surface area contributed by atoms with E-state index in [1.165, 1.54) is 18.2 Å². The van der Waals surface area contributed by atoms with E-state index in [0.717, 1.165) is 41.9 Å². The summed E-state index contributed by atoms with van der Waals surface area (Å²) in [6.07, 6.45) is 2.66. The highest BCUT2D eigenvalue weighted by Gasteiger charge is 2.33. The zero-order valence-corrected chi connectivity index (χ0v) is 19.0. The molecule has 0 spiro atoms. The summed E-state index contributed by atoms with van der Waals surface area (Å²) >= 11 is 6.32. The molecule has 3 heterocycles. The predicted molar refractivity (Wildman–Crippen MR) is 125 cm³/mol. The van der Waals surface area contributed by atoms with E-state index in [9.17, 15) is 9.18 Å². The minimum atomic E-state index is -0.422. The number of carbonyl (C=O) groups is 1. The monoisotopic (exact) mass is 473 g/mol. The third kappa shape index (κ3) is 4.06. The summed E-state index contributed by atoms with van der Waals surface area (Å²) in [7, 11) is 1.93. The number of fused-ring (bicyclic) bond motifs is 3. The molecule has 9 heteroatoms. The molecule has 1 amide bonds. The lowest BCUT2D eigenvalue weighted by Gasteiger charge is -2.21. The van der Waals surface area contributed by atoms with Gasteiger partial charge in [0.1, 0.15) is 17.7 Å². The number of amides is 1. The van der Waals surface area contributed by atoms with Crippen molar-refractivity contribution in [3.63, 3.8) is 0 Å². The first-order valence-corrected chi connectivity index (χ1v) is 11.2. The number of halogens is 2. The van der Waals surface area contributed by atoms with Crippen molar-refractivity contribution in [2.75, 3.05) is 7.05 Å². The van der Waals surface area contributed by atoms with Crippen LogP contribution in [-0.2, 0) is 13.1 Å². The molecule has 2 atom stereocenters. The first-order valence-electron chi connectivity index (χ1n) is 10.8. The summed E-state index contributed by atoms with van der Waals surface area (Å²) in [6.45, 7) is 4.50. The first-order chi connectivity index (χ1) is 15.4. The van der Waals surface area contributed by atoms with Crippen molar-refractivity contribution in [2.24, 2.45) is 0 Å². The molecule has 1 saturated carbocycles. The summed E-state index contributed by atoms with van der Waals surface area (Å²) in [5, 5.41) is 8.48. The van der Waals surface area contributed by atoms with Gasteiger partial charge in [0.05, 0.1) is 40.8 Å². The standard InChI is InChI=1S/C23H25ClFN5O2.CH4/c1-12-21(24)13(2)30-22(27-12)18-10-29(11-19(18)28-30)23(31)17-7-4-14(25)8-20(17)32-16-6-5-15(9-16)26-3;/h4,7-8,15-16,26H,5-6,9-11H2,1-3H3;1H4/t15-,16-;/m0./s1. The molecule has 5 rings (SSSR count). The molecular formula is C24H29ClFN5O2. The minimum absolute atomic E-state index is 0. The topological polar surface area (TPSA) is 71.8 Å². The van der Waals surface area contributed by atoms with Crippen LogP contribution in [0.4, 0.5) is 4.39 Å². The predicted octanol–water partition coefficient (Wildman–Crippen LogP) is 4.45. The number of aromatic nitrogens is 3. The van der Waals surface area contributed by atoms with E-state index >= 15 is 0 Å². The van der Waals surface area contributed by atoms with Gasteiger partial charge in [0, 0.05) is 17.7 Å². The van der Waals surface area contributed by atoms with Crippen molar-refractivity contribution in [2.45, 2.75) is 65.8 Å². The van der Waals surface area contributed by atoms with Crippen LogP contribution in [0.15, 0.2) is 18.2 Å². The molecule has 1 aliphatic heterocycles. The van der Waals surface area contributed by atoms with Crippen molar-refractivity contribution in [3.05, 3.63) is 57.2 Å². The quantitative estimate of drug-likeness (QED) is 0.606. The van der Waals surface area contributed by atoms with Gasteiger partial charge in [-0.3, -0.25) is 4.79 Å². The van der Waals surface area contributed by atoms with E-state index in [1.807, 2.05) is 20.9 Å². The summed E-state index contributed by atoms with van der Waals surface area (Å²) in [6, 6.07) is 4.50. The Bertz CT molecular complexity index is 1230. The number of rotatable bonds is 4. The molecule has 0 saturated heterocycles. The van der Waals surface area contributed by atoms with Crippen LogP contribution in [0.2, 0.25) is 5.02 Å². The number of carbonyl (C=O) groups excluding carboxylic acids is 1. The molecule has 3 aromatic rings. The fraction of sp³-hybridized carbons (Fsp3) is 0.458. The molecule has 0 unspecified atom stereocenters. The minimum Gasteiger partial charge on any atom is -0.489 e. The Morgan fingerprint density at radius 3 is 2.79 bits per heavy atom. The maximum Gasteiger partial charge on any atom is 0.258 e. The van der Waals surface area contributed by atoms with E-state index in [1.54, 1.807) is 9.42 Å². The molecule has 176 valence electrons. The molecule has 0 bridgehead atoms. The van der Waals surface area contributed by atoms with Crippen LogP contribution in [0, 0.1) is 19.7 Å². The molecule has 1 aliphatic carbocycles. The average Bonchev–Trinajstić information content (AvgIpc) is 3.47. The Balaban J connectivity index is 0.00000259. The number of nitrogens with one attached hydrogen (secondary N) is 1. The average molecular weight is 474 g/mol. The van der Waals surface area contributed by atoms with Crippen molar-refractivity contribution in [1.82, 2.24) is 24.8 Å². The highest BCUT2D eigenvalue weighted by atomic mass is 35.5. The molecule has 0 radical (unpaired) electrons. The molecule has 2 aromatic heterocycles. The van der Waals surface area contributed by atoms with E-state index < -0.39 is 5.82 Å². The highest BCUT2D eigenvalue weighted by molar-refractivity contribution is 6.31. The second-order valence-electron chi connectivity index (χ2n) is 8.60. The van der Waals surface area contributed by atoms with Gasteiger partial charge in [-0.05, 0) is 52.3 Å². The van der Waals surface area contributed by atoms with Crippen molar-refractivity contribution < 1.29 is 13.9 Å². The van der Waals surface area contributed by atoms with Crippen molar-refractivity contribution in [3.8, 4) is 5.75 Å². The second-order valence-corrected chi connectivity index (χ2v) is 8.98. The van der Waals surface area contributed by atoms with Gasteiger partial charge in [-0.25, -0.2) is 13.9 Å². The molecule has 33 heavy (non-hydrogen) atoms. The maximum atomic E-state index is 14.0. The van der Waals surface area contributed by atoms with Gasteiger partial charge >= 0.3 is 0 Å².